The molecule has 1 aromatic rings. The van der Waals surface area contributed by atoms with Gasteiger partial charge in [-0.25, -0.2) is 4.79 Å². The molecule has 31 heavy (non-hydrogen) atoms. The van der Waals surface area contributed by atoms with Crippen molar-refractivity contribution in [2.75, 3.05) is 0 Å². The lowest BCUT2D eigenvalue weighted by molar-refractivity contribution is -0.144. The number of ether oxygens (including phenoxy) is 1. The molecule has 4 nitrogen and oxygen atoms in total. The zero-order valence-corrected chi connectivity index (χ0v) is 18.4. The molecule has 0 aromatic heterocycles. The molecule has 2 aliphatic rings. The van der Waals surface area contributed by atoms with Crippen molar-refractivity contribution in [2.24, 2.45) is 5.41 Å². The van der Waals surface area contributed by atoms with Crippen molar-refractivity contribution in [3.63, 3.8) is 0 Å². The van der Waals surface area contributed by atoms with E-state index in [1.54, 1.807) is 13.8 Å². The van der Waals surface area contributed by atoms with Gasteiger partial charge in [-0.3, -0.25) is 4.79 Å². The van der Waals surface area contributed by atoms with E-state index in [2.05, 4.69) is 5.32 Å². The monoisotopic (exact) mass is 435 g/mol. The van der Waals surface area contributed by atoms with Crippen LogP contribution in [0.4, 0.5) is 13.2 Å². The first kappa shape index (κ1) is 23.1. The molecule has 7 heteroatoms. The summed E-state index contributed by atoms with van der Waals surface area (Å²) in [6, 6.07) is 4.67. The molecule has 0 fully saturated rings. The SMILES string of the molecule is CC[C@H](C)OC(=O)C1=C(C)NC2=C(C(=O)CC(C)(C)C2)[C@@H]1c1ccc(C(F)(F)F)cc1. The summed E-state index contributed by atoms with van der Waals surface area (Å²) in [6.07, 6.45) is -3.26. The van der Waals surface area contributed by atoms with Crippen molar-refractivity contribution in [2.45, 2.75) is 72.1 Å². The number of carbonyl (C=O) groups excluding carboxylic acids is 2. The first-order chi connectivity index (χ1) is 14.3. The lowest BCUT2D eigenvalue weighted by Gasteiger charge is -2.39. The van der Waals surface area contributed by atoms with Crippen LogP contribution in [-0.2, 0) is 20.5 Å². The Balaban J connectivity index is 2.13. The summed E-state index contributed by atoms with van der Waals surface area (Å²) in [7, 11) is 0. The highest BCUT2D eigenvalue weighted by molar-refractivity contribution is 6.04. The Kier molecular flexibility index (Phi) is 6.09. The van der Waals surface area contributed by atoms with Gasteiger partial charge >= 0.3 is 12.1 Å². The quantitative estimate of drug-likeness (QED) is 0.621. The first-order valence-electron chi connectivity index (χ1n) is 10.5. The van der Waals surface area contributed by atoms with E-state index in [1.807, 2.05) is 20.8 Å². The van der Waals surface area contributed by atoms with Crippen LogP contribution < -0.4 is 5.32 Å². The number of ketones is 1. The van der Waals surface area contributed by atoms with Crippen LogP contribution in [0.25, 0.3) is 0 Å². The van der Waals surface area contributed by atoms with Gasteiger partial charge in [0.25, 0.3) is 0 Å². The maximum Gasteiger partial charge on any atom is 0.416 e. The Hall–Kier alpha value is -2.57. The molecule has 1 aromatic carbocycles. The number of nitrogens with one attached hydrogen (secondary N) is 1. The highest BCUT2D eigenvalue weighted by Crippen LogP contribution is 2.47. The number of dihydropyridines is 1. The normalized spacial score (nSPS) is 22.1. The minimum absolute atomic E-state index is 0.106. The van der Waals surface area contributed by atoms with E-state index in [0.717, 1.165) is 17.8 Å². The molecule has 0 radical (unpaired) electrons. The van der Waals surface area contributed by atoms with Gasteiger partial charge in [-0.05, 0) is 49.8 Å². The fourth-order valence-corrected chi connectivity index (χ4v) is 4.23. The van der Waals surface area contributed by atoms with Crippen molar-refractivity contribution in [1.29, 1.82) is 0 Å². The Labute approximate surface area is 180 Å². The molecular weight excluding hydrogens is 407 g/mol. The summed E-state index contributed by atoms with van der Waals surface area (Å²) in [6.45, 7) is 9.39. The summed E-state index contributed by atoms with van der Waals surface area (Å²) < 4.78 is 44.8. The zero-order valence-electron chi connectivity index (χ0n) is 18.4. The second-order valence-electron chi connectivity index (χ2n) is 9.17. The number of allylic oxidation sites excluding steroid dienone is 3. The number of alkyl halides is 3. The third-order valence-corrected chi connectivity index (χ3v) is 5.91. The van der Waals surface area contributed by atoms with Crippen LogP contribution in [0, 0.1) is 5.41 Å². The molecule has 0 saturated carbocycles. The van der Waals surface area contributed by atoms with E-state index in [1.165, 1.54) is 12.1 Å². The first-order valence-corrected chi connectivity index (χ1v) is 10.5. The number of Topliss-reactive ketones (excluding diaryl/α,β-unsaturated/α-hetero) is 1. The second kappa shape index (κ2) is 8.17. The third kappa shape index (κ3) is 4.70. The van der Waals surface area contributed by atoms with Gasteiger partial charge in [-0.1, -0.05) is 32.9 Å². The summed E-state index contributed by atoms with van der Waals surface area (Å²) >= 11 is 0. The van der Waals surface area contributed by atoms with Gasteiger partial charge in [0.1, 0.15) is 0 Å². The number of esters is 1. The summed E-state index contributed by atoms with van der Waals surface area (Å²) in [5, 5.41) is 3.22. The van der Waals surface area contributed by atoms with E-state index >= 15 is 0 Å². The Morgan fingerprint density at radius 3 is 2.39 bits per heavy atom. The van der Waals surface area contributed by atoms with Gasteiger partial charge in [0.2, 0.25) is 0 Å². The Morgan fingerprint density at radius 1 is 1.23 bits per heavy atom. The highest BCUT2D eigenvalue weighted by Gasteiger charge is 2.43. The summed E-state index contributed by atoms with van der Waals surface area (Å²) in [5.41, 5.74) is 1.44. The largest absolute Gasteiger partial charge is 0.459 e. The van der Waals surface area contributed by atoms with E-state index in [0.29, 0.717) is 36.1 Å². The van der Waals surface area contributed by atoms with Crippen LogP contribution in [0.3, 0.4) is 0 Å². The maximum absolute atomic E-state index is 13.2. The van der Waals surface area contributed by atoms with Gasteiger partial charge in [0.15, 0.2) is 5.78 Å². The Bertz CT molecular complexity index is 955. The van der Waals surface area contributed by atoms with Gasteiger partial charge in [0.05, 0.1) is 17.2 Å². The molecule has 3 rings (SSSR count). The van der Waals surface area contributed by atoms with E-state index < -0.39 is 23.6 Å². The van der Waals surface area contributed by atoms with Crippen LogP contribution >= 0.6 is 0 Å². The number of carbonyl (C=O) groups is 2. The second-order valence-corrected chi connectivity index (χ2v) is 9.17. The van der Waals surface area contributed by atoms with Gasteiger partial charge < -0.3 is 10.1 Å². The molecule has 0 spiro atoms. The van der Waals surface area contributed by atoms with Crippen molar-refractivity contribution < 1.29 is 27.5 Å². The van der Waals surface area contributed by atoms with Gasteiger partial charge in [-0.2, -0.15) is 13.2 Å². The lowest BCUT2D eigenvalue weighted by Crippen LogP contribution is -2.39. The van der Waals surface area contributed by atoms with Crippen LogP contribution in [0.1, 0.15) is 70.9 Å². The molecule has 0 amide bonds. The molecule has 168 valence electrons. The molecule has 1 heterocycles. The molecule has 0 unspecified atom stereocenters. The molecule has 1 aliphatic heterocycles. The minimum atomic E-state index is -4.47. The van der Waals surface area contributed by atoms with Crippen molar-refractivity contribution >= 4 is 11.8 Å². The van der Waals surface area contributed by atoms with Crippen molar-refractivity contribution in [3.8, 4) is 0 Å². The van der Waals surface area contributed by atoms with Gasteiger partial charge in [-0.15, -0.1) is 0 Å². The van der Waals surface area contributed by atoms with E-state index in [9.17, 15) is 22.8 Å². The predicted octanol–water partition coefficient (Wildman–Crippen LogP) is 5.65. The van der Waals surface area contributed by atoms with E-state index in [-0.39, 0.29) is 22.9 Å². The summed E-state index contributed by atoms with van der Waals surface area (Å²) in [4.78, 5) is 26.2. The number of hydrogen-bond donors (Lipinski definition) is 1. The zero-order chi connectivity index (χ0) is 23.1. The maximum atomic E-state index is 13.2. The van der Waals surface area contributed by atoms with Crippen molar-refractivity contribution in [3.05, 3.63) is 57.9 Å². The number of halogens is 3. The Morgan fingerprint density at radius 2 is 1.84 bits per heavy atom. The highest BCUT2D eigenvalue weighted by atomic mass is 19.4. The van der Waals surface area contributed by atoms with E-state index in [4.69, 9.17) is 4.74 Å². The van der Waals surface area contributed by atoms with Crippen LogP contribution in [-0.4, -0.2) is 17.9 Å². The molecule has 0 saturated heterocycles. The smallest absolute Gasteiger partial charge is 0.416 e. The van der Waals surface area contributed by atoms with Crippen LogP contribution in [0.2, 0.25) is 0 Å². The number of rotatable bonds is 4. The topological polar surface area (TPSA) is 55.4 Å². The van der Waals surface area contributed by atoms with Gasteiger partial charge in [0, 0.05) is 29.3 Å². The molecule has 0 bridgehead atoms. The number of benzene rings is 1. The minimum Gasteiger partial charge on any atom is -0.459 e. The fourth-order valence-electron chi connectivity index (χ4n) is 4.23. The molecule has 1 N–H and O–H groups in total. The summed E-state index contributed by atoms with van der Waals surface area (Å²) in [5.74, 6) is -1.43. The van der Waals surface area contributed by atoms with Crippen LogP contribution in [0.5, 0.6) is 0 Å². The fraction of sp³-hybridized carbons (Fsp3) is 0.500. The average molecular weight is 435 g/mol. The molecule has 1 aliphatic carbocycles. The predicted molar refractivity (Wildman–Crippen MR) is 111 cm³/mol. The number of hydrogen-bond acceptors (Lipinski definition) is 4. The standard InChI is InChI=1S/C24H28F3NO3/c1-6-13(2)31-22(30)19-14(3)28-17-11-23(4,5)12-18(29)21(17)20(19)15-7-9-16(10-8-15)24(25,26)27/h7-10,13,20,28H,6,11-12H2,1-5H3/t13-,20+/m0/s1. The molecule has 2 atom stereocenters. The average Bonchev–Trinajstić information content (AvgIpc) is 2.65. The third-order valence-electron chi connectivity index (χ3n) is 5.91. The molecular formula is C24H28F3NO3. The van der Waals surface area contributed by atoms with Crippen LogP contribution in [0.15, 0.2) is 46.8 Å². The van der Waals surface area contributed by atoms with Crippen molar-refractivity contribution in [1.82, 2.24) is 5.32 Å². The lowest BCUT2D eigenvalue weighted by atomic mass is 9.68.